The van der Waals surface area contributed by atoms with Crippen LogP contribution in [0.25, 0.3) is 16.9 Å². The van der Waals surface area contributed by atoms with Gasteiger partial charge >= 0.3 is 0 Å². The number of imidazole rings is 1. The van der Waals surface area contributed by atoms with Crippen molar-refractivity contribution < 1.29 is 19.0 Å². The lowest BCUT2D eigenvalue weighted by Crippen LogP contribution is -2.52. The SMILES string of the molecule is Cc1cc(Nc2nccn3c(-c4ccc(OCC#N)c(F)c4Cl)cnc23)ccc1C(=O)N1CCN(CC2CCNC[C@@H]2O)CC1. The summed E-state index contributed by atoms with van der Waals surface area (Å²) >= 11 is 6.35. The Labute approximate surface area is 265 Å². The molecule has 4 aromatic rings. The summed E-state index contributed by atoms with van der Waals surface area (Å²) in [5.74, 6) is -0.102. The molecule has 0 radical (unpaired) electrons. The lowest BCUT2D eigenvalue weighted by molar-refractivity contribution is 0.0370. The number of aryl methyl sites for hydroxylation is 1. The monoisotopic (exact) mass is 632 g/mol. The number of hydrogen-bond acceptors (Lipinski definition) is 9. The number of carbonyl (C=O) groups excluding carboxylic acids is 1. The summed E-state index contributed by atoms with van der Waals surface area (Å²) < 4.78 is 21.7. The molecule has 11 nitrogen and oxygen atoms in total. The molecule has 2 aliphatic rings. The van der Waals surface area contributed by atoms with Crippen LogP contribution in [0.5, 0.6) is 5.75 Å². The predicted octanol–water partition coefficient (Wildman–Crippen LogP) is 3.87. The van der Waals surface area contributed by atoms with Crippen LogP contribution in [-0.4, -0.2) is 93.7 Å². The van der Waals surface area contributed by atoms with Crippen LogP contribution in [0, 0.1) is 30.0 Å². The van der Waals surface area contributed by atoms with Crippen LogP contribution in [0.15, 0.2) is 48.9 Å². The van der Waals surface area contributed by atoms with Crippen molar-refractivity contribution in [2.24, 2.45) is 5.92 Å². The van der Waals surface area contributed by atoms with Crippen molar-refractivity contribution >= 4 is 34.7 Å². The maximum Gasteiger partial charge on any atom is 0.254 e. The number of anilines is 2. The number of aromatic nitrogens is 3. The number of ether oxygens (including phenoxy) is 1. The molecule has 2 aromatic carbocycles. The van der Waals surface area contributed by atoms with Crippen molar-refractivity contribution in [3.05, 3.63) is 70.9 Å². The first-order valence-corrected chi connectivity index (χ1v) is 15.3. The van der Waals surface area contributed by atoms with E-state index in [1.165, 1.54) is 6.07 Å². The predicted molar refractivity (Wildman–Crippen MR) is 168 cm³/mol. The van der Waals surface area contributed by atoms with Crippen molar-refractivity contribution in [2.45, 2.75) is 19.4 Å². The fourth-order valence-corrected chi connectivity index (χ4v) is 6.27. The number of hydrogen-bond donors (Lipinski definition) is 3. The number of carbonyl (C=O) groups is 1. The first-order valence-electron chi connectivity index (χ1n) is 14.9. The number of β-amino-alcohol motifs (C(OH)–C–C–N with tert-alkyl or cyclic N) is 1. The number of benzene rings is 2. The molecule has 6 rings (SSSR count). The van der Waals surface area contributed by atoms with Crippen LogP contribution in [0.3, 0.4) is 0 Å². The smallest absolute Gasteiger partial charge is 0.254 e. The van der Waals surface area contributed by atoms with Gasteiger partial charge < -0.3 is 25.4 Å². The molecule has 234 valence electrons. The molecule has 1 amide bonds. The standard InChI is InChI=1S/C32H34ClFN8O3/c1-20-16-22(2-3-23(20)32(44)41-13-11-40(12-14-41)19-21-6-8-36-18-26(21)43)39-30-31-38-17-25(42(31)10-9-37-30)24-4-5-27(45-15-7-35)29(34)28(24)33/h2-5,9-10,16-17,21,26,36,43H,6,8,11-15,18-19H2,1H3,(H,37,39)/t21?,26-/m0/s1. The molecule has 3 N–H and O–H groups in total. The van der Waals surface area contributed by atoms with E-state index in [0.29, 0.717) is 47.9 Å². The van der Waals surface area contributed by atoms with E-state index in [9.17, 15) is 14.3 Å². The molecule has 2 aliphatic heterocycles. The van der Waals surface area contributed by atoms with Crippen LogP contribution in [0.2, 0.25) is 5.02 Å². The van der Waals surface area contributed by atoms with Crippen molar-refractivity contribution in [1.82, 2.24) is 29.5 Å². The second kappa shape index (κ2) is 13.4. The largest absolute Gasteiger partial charge is 0.476 e. The molecule has 2 aromatic heterocycles. The fourth-order valence-electron chi connectivity index (χ4n) is 6.02. The Hall–Kier alpha value is -4.28. The van der Waals surface area contributed by atoms with Gasteiger partial charge in [0.2, 0.25) is 0 Å². The Kier molecular flexibility index (Phi) is 9.14. The van der Waals surface area contributed by atoms with Crippen molar-refractivity contribution in [3.8, 4) is 23.1 Å². The maximum absolute atomic E-state index is 14.8. The van der Waals surface area contributed by atoms with Gasteiger partial charge in [0, 0.05) is 68.5 Å². The van der Waals surface area contributed by atoms with Crippen LogP contribution in [0.4, 0.5) is 15.9 Å². The molecule has 1 unspecified atom stereocenters. The van der Waals surface area contributed by atoms with E-state index >= 15 is 0 Å². The number of amides is 1. The number of piperidine rings is 1. The second-order valence-electron chi connectivity index (χ2n) is 11.4. The highest BCUT2D eigenvalue weighted by atomic mass is 35.5. The van der Waals surface area contributed by atoms with E-state index in [1.807, 2.05) is 36.1 Å². The Morgan fingerprint density at radius 1 is 1.24 bits per heavy atom. The summed E-state index contributed by atoms with van der Waals surface area (Å²) in [5, 5.41) is 25.4. The molecule has 2 atom stereocenters. The van der Waals surface area contributed by atoms with E-state index in [1.54, 1.807) is 29.1 Å². The Morgan fingerprint density at radius 2 is 2.07 bits per heavy atom. The number of piperazine rings is 1. The zero-order valence-electron chi connectivity index (χ0n) is 24.8. The summed E-state index contributed by atoms with van der Waals surface area (Å²) in [4.78, 5) is 26.6. The van der Waals surface area contributed by atoms with Gasteiger partial charge in [-0.2, -0.15) is 5.26 Å². The average molecular weight is 633 g/mol. The lowest BCUT2D eigenvalue weighted by Gasteiger charge is -2.38. The molecule has 0 bridgehead atoms. The first kappa shape index (κ1) is 30.7. The molecule has 4 heterocycles. The van der Waals surface area contributed by atoms with E-state index in [2.05, 4.69) is 25.5 Å². The van der Waals surface area contributed by atoms with Crippen LogP contribution >= 0.6 is 11.6 Å². The number of nitrogens with one attached hydrogen (secondary N) is 2. The average Bonchev–Trinajstić information content (AvgIpc) is 3.48. The van der Waals surface area contributed by atoms with E-state index in [-0.39, 0.29) is 35.3 Å². The lowest BCUT2D eigenvalue weighted by atomic mass is 9.94. The van der Waals surface area contributed by atoms with Gasteiger partial charge in [0.15, 0.2) is 29.6 Å². The zero-order valence-corrected chi connectivity index (χ0v) is 25.6. The molecular formula is C32H34ClFN8O3. The number of nitrogens with zero attached hydrogens (tertiary/aromatic N) is 6. The molecule has 45 heavy (non-hydrogen) atoms. The summed E-state index contributed by atoms with van der Waals surface area (Å²) in [6, 6.07) is 10.4. The quantitative estimate of drug-likeness (QED) is 0.265. The van der Waals surface area contributed by atoms with Crippen LogP contribution in [-0.2, 0) is 0 Å². The molecular weight excluding hydrogens is 599 g/mol. The Morgan fingerprint density at radius 3 is 2.82 bits per heavy atom. The van der Waals surface area contributed by atoms with Gasteiger partial charge in [-0.3, -0.25) is 14.1 Å². The van der Waals surface area contributed by atoms with Crippen molar-refractivity contribution in [2.75, 3.05) is 57.7 Å². The number of nitriles is 1. The molecule has 0 spiro atoms. The minimum absolute atomic E-state index is 0.00637. The number of fused-ring (bicyclic) bond motifs is 1. The Balaban J connectivity index is 1.13. The molecule has 0 aliphatic carbocycles. The van der Waals surface area contributed by atoms with Crippen molar-refractivity contribution in [3.63, 3.8) is 0 Å². The molecule has 2 fully saturated rings. The van der Waals surface area contributed by atoms with Gasteiger partial charge in [-0.05, 0) is 61.7 Å². The third-order valence-corrected chi connectivity index (χ3v) is 8.87. The highest BCUT2D eigenvalue weighted by Crippen LogP contribution is 2.36. The second-order valence-corrected chi connectivity index (χ2v) is 11.7. The molecule has 0 saturated carbocycles. The van der Waals surface area contributed by atoms with E-state index in [0.717, 1.165) is 43.9 Å². The van der Waals surface area contributed by atoms with Crippen LogP contribution < -0.4 is 15.4 Å². The van der Waals surface area contributed by atoms with Gasteiger partial charge in [0.1, 0.15) is 6.07 Å². The third kappa shape index (κ3) is 6.43. The molecule has 13 heteroatoms. The van der Waals surface area contributed by atoms with E-state index < -0.39 is 5.82 Å². The topological polar surface area (TPSA) is 131 Å². The van der Waals surface area contributed by atoms with E-state index in [4.69, 9.17) is 21.6 Å². The maximum atomic E-state index is 14.8. The minimum atomic E-state index is -0.754. The van der Waals surface area contributed by atoms with Gasteiger partial charge in [-0.15, -0.1) is 0 Å². The van der Waals surface area contributed by atoms with Gasteiger partial charge in [-0.25, -0.2) is 14.4 Å². The normalized spacial score (nSPS) is 19.0. The highest BCUT2D eigenvalue weighted by Gasteiger charge is 2.28. The number of halogens is 2. The zero-order chi connectivity index (χ0) is 31.5. The summed E-state index contributed by atoms with van der Waals surface area (Å²) in [6.45, 7) is 6.94. The van der Waals surface area contributed by atoms with Gasteiger partial charge in [0.25, 0.3) is 5.91 Å². The number of rotatable bonds is 8. The highest BCUT2D eigenvalue weighted by molar-refractivity contribution is 6.33. The van der Waals surface area contributed by atoms with Crippen molar-refractivity contribution in [1.29, 1.82) is 5.26 Å². The van der Waals surface area contributed by atoms with Gasteiger partial charge in [0.05, 0.1) is 23.0 Å². The van der Waals surface area contributed by atoms with Gasteiger partial charge in [-0.1, -0.05) is 11.6 Å². The minimum Gasteiger partial charge on any atom is -0.476 e. The first-order chi connectivity index (χ1) is 21.8. The summed E-state index contributed by atoms with van der Waals surface area (Å²) in [6.07, 6.45) is 5.54. The molecule has 2 saturated heterocycles. The third-order valence-electron chi connectivity index (χ3n) is 8.50. The summed E-state index contributed by atoms with van der Waals surface area (Å²) in [5.41, 5.74) is 3.68. The van der Waals surface area contributed by atoms with Crippen LogP contribution in [0.1, 0.15) is 22.3 Å². The fraction of sp³-hybridized carbons (Fsp3) is 0.375. The summed E-state index contributed by atoms with van der Waals surface area (Å²) in [7, 11) is 0. The number of aliphatic hydroxyl groups excluding tert-OH is 1. The number of aliphatic hydroxyl groups is 1. The Bertz CT molecular complexity index is 1750.